The molecule has 0 bridgehead atoms. The Hall–Kier alpha value is -0.290. The van der Waals surface area contributed by atoms with Crippen molar-refractivity contribution in [2.24, 2.45) is 0 Å². The van der Waals surface area contributed by atoms with Crippen molar-refractivity contribution in [1.29, 1.82) is 0 Å². The molecule has 1 aliphatic heterocycles. The average molecular weight is 170 g/mol. The average Bonchev–Trinajstić information content (AvgIpc) is 2.37. The second kappa shape index (κ2) is 3.40. The minimum absolute atomic E-state index is 0.229. The van der Waals surface area contributed by atoms with Crippen LogP contribution in [0, 0.1) is 0 Å². The maximum Gasteiger partial charge on any atom is 0.383 e. The molecule has 0 N–H and O–H groups in total. The summed E-state index contributed by atoms with van der Waals surface area (Å²) in [6.45, 7) is -1.18. The summed E-state index contributed by atoms with van der Waals surface area (Å²) < 4.78 is 44.7. The minimum Gasteiger partial charge on any atom is -0.369 e. The molecule has 0 radical (unpaired) electrons. The third-order valence-corrected chi connectivity index (χ3v) is 1.55. The summed E-state index contributed by atoms with van der Waals surface area (Å²) in [5, 5.41) is 0. The van der Waals surface area contributed by atoms with Crippen molar-refractivity contribution in [1.82, 2.24) is 0 Å². The number of ether oxygens (including phenoxy) is 2. The van der Waals surface area contributed by atoms with E-state index in [0.29, 0.717) is 13.0 Å². The molecular formula is C6H9F3O2. The molecule has 1 heterocycles. The molecule has 2 nitrogen and oxygen atoms in total. The summed E-state index contributed by atoms with van der Waals surface area (Å²) in [4.78, 5) is 0. The molecule has 0 saturated carbocycles. The van der Waals surface area contributed by atoms with Gasteiger partial charge in [0, 0.05) is 6.61 Å². The highest BCUT2D eigenvalue weighted by Gasteiger charge is 2.43. The van der Waals surface area contributed by atoms with E-state index in [9.17, 15) is 13.2 Å². The lowest BCUT2D eigenvalue weighted by Crippen LogP contribution is -2.35. The topological polar surface area (TPSA) is 18.5 Å². The van der Waals surface area contributed by atoms with Crippen molar-refractivity contribution in [3.63, 3.8) is 0 Å². The second-order valence-electron chi connectivity index (χ2n) is 2.32. The lowest BCUT2D eigenvalue weighted by atomic mass is 10.2. The molecular weight excluding hydrogens is 161 g/mol. The molecule has 0 aliphatic carbocycles. The number of halogens is 3. The van der Waals surface area contributed by atoms with Crippen molar-refractivity contribution < 1.29 is 22.6 Å². The molecule has 0 spiro atoms. The van der Waals surface area contributed by atoms with Crippen molar-refractivity contribution in [3.8, 4) is 0 Å². The Balaban J connectivity index is 2.41. The first kappa shape index (κ1) is 8.80. The van der Waals surface area contributed by atoms with Crippen LogP contribution in [0.3, 0.4) is 0 Å². The molecule has 66 valence electrons. The summed E-state index contributed by atoms with van der Waals surface area (Å²) >= 11 is 0. The first-order chi connectivity index (χ1) is 5.17. The number of alkyl halides is 3. The zero-order chi connectivity index (χ0) is 8.32. The highest BCUT2D eigenvalue weighted by Crippen LogP contribution is 2.29. The summed E-state index contributed by atoms with van der Waals surface area (Å²) in [6, 6.07) is 0. The largest absolute Gasteiger partial charge is 0.383 e. The van der Waals surface area contributed by atoms with E-state index in [4.69, 9.17) is 0 Å². The molecule has 1 fully saturated rings. The zero-order valence-electron chi connectivity index (χ0n) is 5.86. The predicted molar refractivity (Wildman–Crippen MR) is 31.0 cm³/mol. The summed E-state index contributed by atoms with van der Waals surface area (Å²) in [7, 11) is 0. The van der Waals surface area contributed by atoms with E-state index in [0.717, 1.165) is 0 Å². The lowest BCUT2D eigenvalue weighted by molar-refractivity contribution is -0.301. The van der Waals surface area contributed by atoms with E-state index < -0.39 is 19.1 Å². The van der Waals surface area contributed by atoms with Gasteiger partial charge >= 0.3 is 6.11 Å². The maximum absolute atomic E-state index is 12.5. The van der Waals surface area contributed by atoms with Gasteiger partial charge in [0.05, 0.1) is 0 Å². The first-order valence-electron chi connectivity index (χ1n) is 3.36. The minimum atomic E-state index is -3.47. The van der Waals surface area contributed by atoms with E-state index >= 15 is 0 Å². The summed E-state index contributed by atoms with van der Waals surface area (Å²) in [6.07, 6.45) is -3.92. The third kappa shape index (κ3) is 2.07. The van der Waals surface area contributed by atoms with E-state index in [2.05, 4.69) is 9.47 Å². The van der Waals surface area contributed by atoms with Crippen molar-refractivity contribution >= 4 is 0 Å². The monoisotopic (exact) mass is 170 g/mol. The van der Waals surface area contributed by atoms with Crippen LogP contribution in [0.4, 0.5) is 13.2 Å². The molecule has 1 aliphatic rings. The quantitative estimate of drug-likeness (QED) is 0.641. The van der Waals surface area contributed by atoms with Crippen LogP contribution in [-0.4, -0.2) is 25.7 Å². The Morgan fingerprint density at radius 3 is 2.73 bits per heavy atom. The van der Waals surface area contributed by atoms with Gasteiger partial charge in [-0.05, 0) is 12.8 Å². The fraction of sp³-hybridized carbons (Fsp3) is 1.00. The van der Waals surface area contributed by atoms with Gasteiger partial charge in [-0.15, -0.1) is 0 Å². The van der Waals surface area contributed by atoms with Gasteiger partial charge < -0.3 is 4.74 Å². The molecule has 11 heavy (non-hydrogen) atoms. The van der Waals surface area contributed by atoms with Gasteiger partial charge in [0.25, 0.3) is 0 Å². The first-order valence-corrected chi connectivity index (χ1v) is 3.36. The Kier molecular flexibility index (Phi) is 2.72. The van der Waals surface area contributed by atoms with Gasteiger partial charge in [0.1, 0.15) is 6.10 Å². The smallest absolute Gasteiger partial charge is 0.369 e. The lowest BCUT2D eigenvalue weighted by Gasteiger charge is -2.20. The SMILES string of the molecule is FCOC(F)(F)C1CCCO1. The van der Waals surface area contributed by atoms with Gasteiger partial charge in [-0.1, -0.05) is 0 Å². The normalized spacial score (nSPS) is 25.9. The van der Waals surface area contributed by atoms with Crippen LogP contribution in [0.2, 0.25) is 0 Å². The Labute approximate surface area is 62.3 Å². The third-order valence-electron chi connectivity index (χ3n) is 1.55. The van der Waals surface area contributed by atoms with Gasteiger partial charge in [-0.3, -0.25) is 4.74 Å². The highest BCUT2D eigenvalue weighted by molar-refractivity contribution is 4.73. The molecule has 1 saturated heterocycles. The van der Waals surface area contributed by atoms with Crippen molar-refractivity contribution in [2.75, 3.05) is 13.5 Å². The van der Waals surface area contributed by atoms with Crippen LogP contribution in [0.25, 0.3) is 0 Å². The van der Waals surface area contributed by atoms with Crippen LogP contribution in [0.15, 0.2) is 0 Å². The van der Waals surface area contributed by atoms with E-state index in [1.165, 1.54) is 0 Å². The molecule has 1 unspecified atom stereocenters. The molecule has 1 rings (SSSR count). The molecule has 0 aromatic heterocycles. The van der Waals surface area contributed by atoms with E-state index in [1.54, 1.807) is 0 Å². The predicted octanol–water partition coefficient (Wildman–Crippen LogP) is 1.70. The van der Waals surface area contributed by atoms with Crippen LogP contribution in [0.1, 0.15) is 12.8 Å². The van der Waals surface area contributed by atoms with Crippen LogP contribution in [-0.2, 0) is 9.47 Å². The number of hydrogen-bond donors (Lipinski definition) is 0. The van der Waals surface area contributed by atoms with Gasteiger partial charge in [-0.2, -0.15) is 8.78 Å². The molecule has 1 atom stereocenters. The number of rotatable bonds is 3. The Bertz CT molecular complexity index is 123. The molecule has 5 heteroatoms. The van der Waals surface area contributed by atoms with Crippen LogP contribution in [0.5, 0.6) is 0 Å². The summed E-state index contributed by atoms with van der Waals surface area (Å²) in [5.41, 5.74) is 0. The Morgan fingerprint density at radius 1 is 1.55 bits per heavy atom. The van der Waals surface area contributed by atoms with Crippen LogP contribution < -0.4 is 0 Å². The van der Waals surface area contributed by atoms with Gasteiger partial charge in [-0.25, -0.2) is 4.39 Å². The van der Waals surface area contributed by atoms with Crippen molar-refractivity contribution in [2.45, 2.75) is 25.1 Å². The van der Waals surface area contributed by atoms with Crippen molar-refractivity contribution in [3.05, 3.63) is 0 Å². The van der Waals surface area contributed by atoms with E-state index in [-0.39, 0.29) is 6.42 Å². The van der Waals surface area contributed by atoms with Gasteiger partial charge in [0.2, 0.25) is 0 Å². The van der Waals surface area contributed by atoms with Gasteiger partial charge in [0.15, 0.2) is 6.86 Å². The standard InChI is InChI=1S/C6H9F3O2/c7-4-11-6(8,9)5-2-1-3-10-5/h5H,1-4H2. The molecule has 0 aromatic carbocycles. The molecule has 0 amide bonds. The fourth-order valence-corrected chi connectivity index (χ4v) is 1.01. The zero-order valence-corrected chi connectivity index (χ0v) is 5.86. The highest BCUT2D eigenvalue weighted by atomic mass is 19.3. The maximum atomic E-state index is 12.5. The Morgan fingerprint density at radius 2 is 2.27 bits per heavy atom. The second-order valence-corrected chi connectivity index (χ2v) is 2.32. The van der Waals surface area contributed by atoms with Crippen LogP contribution >= 0.6 is 0 Å². The summed E-state index contributed by atoms with van der Waals surface area (Å²) in [5.74, 6) is 0. The fourth-order valence-electron chi connectivity index (χ4n) is 1.01. The van der Waals surface area contributed by atoms with E-state index in [1.807, 2.05) is 0 Å². The number of hydrogen-bond acceptors (Lipinski definition) is 2. The molecule has 0 aromatic rings.